The molecule has 0 amide bonds. The molecule has 2 aromatic carbocycles. The number of nitrogens with zero attached hydrogens (tertiary/aromatic N) is 6. The molecule has 0 unspecified atom stereocenters. The topological polar surface area (TPSA) is 112 Å². The molecule has 0 saturated heterocycles. The summed E-state index contributed by atoms with van der Waals surface area (Å²) in [7, 11) is -1.45. The number of aromatic nitrogens is 4. The lowest BCUT2D eigenvalue weighted by Gasteiger charge is -2.05. The minimum absolute atomic E-state index is 0.0188. The number of hydrogen-bond donors (Lipinski definition) is 0. The van der Waals surface area contributed by atoms with Gasteiger partial charge < -0.3 is 4.74 Å². The number of ether oxygens (including phenoxy) is 1. The highest BCUT2D eigenvalue weighted by molar-refractivity contribution is 7.89. The van der Waals surface area contributed by atoms with Crippen molar-refractivity contribution >= 4 is 26.7 Å². The largest absolute Gasteiger partial charge is 0.497 e. The molecule has 158 valence electrons. The normalized spacial score (nSPS) is 11.9. The lowest BCUT2D eigenvalue weighted by molar-refractivity contribution is 0.414. The second-order valence-corrected chi connectivity index (χ2v) is 9.12. The summed E-state index contributed by atoms with van der Waals surface area (Å²) in [6.07, 6.45) is 4.30. The monoisotopic (exact) mass is 436 g/mol. The van der Waals surface area contributed by atoms with Crippen molar-refractivity contribution in [2.24, 2.45) is 10.2 Å². The van der Waals surface area contributed by atoms with Crippen molar-refractivity contribution in [1.82, 2.24) is 19.7 Å². The third-order valence-corrected chi connectivity index (χ3v) is 5.37. The first-order valence-corrected chi connectivity index (χ1v) is 11.5. The van der Waals surface area contributed by atoms with E-state index in [1.807, 2.05) is 36.4 Å². The summed E-state index contributed by atoms with van der Waals surface area (Å²) >= 11 is 0. The molecular weight excluding hydrogens is 416 g/mol. The van der Waals surface area contributed by atoms with Gasteiger partial charge in [-0.1, -0.05) is 30.3 Å². The minimum atomic E-state index is -3.06. The number of hydrogen-bond acceptors (Lipinski definition) is 8. The van der Waals surface area contributed by atoms with Crippen LogP contribution in [-0.2, 0) is 22.1 Å². The molecule has 0 aliphatic rings. The smallest absolute Gasteiger partial charge is 0.188 e. The lowest BCUT2D eigenvalue weighted by Crippen LogP contribution is -2.00. The van der Waals surface area contributed by atoms with Crippen molar-refractivity contribution < 1.29 is 13.2 Å². The first kappa shape index (κ1) is 20.6. The average molecular weight is 436 g/mol. The molecule has 10 heteroatoms. The Hall–Kier alpha value is -3.66. The molecule has 4 aromatic rings. The van der Waals surface area contributed by atoms with E-state index in [-0.39, 0.29) is 5.75 Å². The van der Waals surface area contributed by atoms with Gasteiger partial charge in [0, 0.05) is 12.3 Å². The molecule has 0 fully saturated rings. The molecule has 0 aliphatic heterocycles. The molecule has 0 aliphatic carbocycles. The first-order chi connectivity index (χ1) is 14.9. The second kappa shape index (κ2) is 8.60. The summed E-state index contributed by atoms with van der Waals surface area (Å²) in [6, 6.07) is 14.8. The van der Waals surface area contributed by atoms with Gasteiger partial charge in [-0.3, -0.25) is 0 Å². The molecule has 2 aromatic heterocycles. The summed E-state index contributed by atoms with van der Waals surface area (Å²) in [5, 5.41) is 13.6. The van der Waals surface area contributed by atoms with Gasteiger partial charge in [0.15, 0.2) is 21.3 Å². The van der Waals surface area contributed by atoms with Crippen LogP contribution >= 0.6 is 0 Å². The Morgan fingerprint density at radius 2 is 1.84 bits per heavy atom. The summed E-state index contributed by atoms with van der Waals surface area (Å²) in [4.78, 5) is 8.55. The van der Waals surface area contributed by atoms with Gasteiger partial charge in [-0.15, -0.1) is 5.11 Å². The highest BCUT2D eigenvalue weighted by atomic mass is 32.2. The molecule has 9 nitrogen and oxygen atoms in total. The van der Waals surface area contributed by atoms with Gasteiger partial charge in [0.05, 0.1) is 36.7 Å². The zero-order chi connectivity index (χ0) is 21.8. The van der Waals surface area contributed by atoms with Crippen LogP contribution in [-0.4, -0.2) is 41.5 Å². The zero-order valence-electron chi connectivity index (χ0n) is 17.0. The fourth-order valence-electron chi connectivity index (χ4n) is 3.07. The molecule has 4 rings (SSSR count). The van der Waals surface area contributed by atoms with Crippen molar-refractivity contribution in [3.63, 3.8) is 0 Å². The zero-order valence-corrected chi connectivity index (χ0v) is 17.8. The number of fused-ring (bicyclic) bond motifs is 1. The lowest BCUT2D eigenvalue weighted by atomic mass is 10.1. The second-order valence-electron chi connectivity index (χ2n) is 6.98. The van der Waals surface area contributed by atoms with E-state index in [4.69, 9.17) is 4.74 Å². The predicted octanol–water partition coefficient (Wildman–Crippen LogP) is 3.65. The van der Waals surface area contributed by atoms with Crippen LogP contribution in [0.2, 0.25) is 0 Å². The van der Waals surface area contributed by atoms with Crippen LogP contribution in [0, 0.1) is 0 Å². The summed E-state index contributed by atoms with van der Waals surface area (Å²) in [6.45, 7) is 0.342. The van der Waals surface area contributed by atoms with Crippen LogP contribution in [0.3, 0.4) is 0 Å². The molecule has 31 heavy (non-hydrogen) atoms. The summed E-state index contributed by atoms with van der Waals surface area (Å²) in [5.41, 5.74) is 3.08. The number of methoxy groups -OCH3 is 1. The van der Waals surface area contributed by atoms with Crippen molar-refractivity contribution in [2.45, 2.75) is 12.3 Å². The Labute approximate surface area is 179 Å². The number of azo groups is 1. The number of sulfone groups is 1. The quantitative estimate of drug-likeness (QED) is 0.409. The molecule has 2 heterocycles. The third kappa shape index (κ3) is 4.92. The average Bonchev–Trinajstić information content (AvgIpc) is 3.19. The maximum Gasteiger partial charge on any atom is 0.188 e. The van der Waals surface area contributed by atoms with Gasteiger partial charge in [0.2, 0.25) is 0 Å². The maximum atomic E-state index is 11.4. The highest BCUT2D eigenvalue weighted by Gasteiger charge is 2.11. The fourth-order valence-corrected chi connectivity index (χ4v) is 3.87. The molecule has 0 atom stereocenters. The van der Waals surface area contributed by atoms with Crippen LogP contribution in [0.15, 0.2) is 71.3 Å². The fraction of sp³-hybridized carbons (Fsp3) is 0.190. The minimum Gasteiger partial charge on any atom is -0.497 e. The third-order valence-electron chi connectivity index (χ3n) is 4.51. The van der Waals surface area contributed by atoms with E-state index < -0.39 is 9.84 Å². The van der Waals surface area contributed by atoms with E-state index >= 15 is 0 Å². The van der Waals surface area contributed by atoms with E-state index in [9.17, 15) is 8.42 Å². The molecule has 0 spiro atoms. The van der Waals surface area contributed by atoms with Crippen molar-refractivity contribution in [3.05, 3.63) is 72.2 Å². The van der Waals surface area contributed by atoms with Gasteiger partial charge in [0.25, 0.3) is 0 Å². The summed E-state index contributed by atoms with van der Waals surface area (Å²) in [5.74, 6) is 1.16. The van der Waals surface area contributed by atoms with Crippen LogP contribution in [0.1, 0.15) is 11.1 Å². The van der Waals surface area contributed by atoms with E-state index in [1.54, 1.807) is 30.1 Å². The first-order valence-electron chi connectivity index (χ1n) is 9.39. The Morgan fingerprint density at radius 1 is 1.06 bits per heavy atom. The van der Waals surface area contributed by atoms with Gasteiger partial charge >= 0.3 is 0 Å². The van der Waals surface area contributed by atoms with Gasteiger partial charge in [0.1, 0.15) is 12.1 Å². The predicted molar refractivity (Wildman–Crippen MR) is 116 cm³/mol. The van der Waals surface area contributed by atoms with E-state index in [0.29, 0.717) is 23.4 Å². The Morgan fingerprint density at radius 3 is 2.58 bits per heavy atom. The standard InChI is InChI=1S/C21H20N6O3S/c1-30-18-5-3-4-17(10-18)27-21-19(12-25-27)20(22-14-23-21)26-24-11-15-6-8-16(9-7-15)13-31(2,28)29/h3-10,12,14H,11,13H2,1-2H3. The Bertz CT molecular complexity index is 1350. The van der Waals surface area contributed by atoms with Crippen LogP contribution < -0.4 is 4.74 Å². The van der Waals surface area contributed by atoms with Gasteiger partial charge in [-0.2, -0.15) is 10.2 Å². The molecule has 0 bridgehead atoms. The van der Waals surface area contributed by atoms with E-state index in [2.05, 4.69) is 25.3 Å². The molecule has 0 saturated carbocycles. The highest BCUT2D eigenvalue weighted by Crippen LogP contribution is 2.25. The van der Waals surface area contributed by atoms with Crippen LogP contribution in [0.4, 0.5) is 5.82 Å². The maximum absolute atomic E-state index is 11.4. The number of rotatable bonds is 7. The SMILES string of the molecule is COc1cccc(-n2ncc3c(N=NCc4ccc(CS(C)(=O)=O)cc4)ncnc32)c1. The molecule has 0 N–H and O–H groups in total. The van der Waals surface area contributed by atoms with Crippen LogP contribution in [0.5, 0.6) is 5.75 Å². The summed E-state index contributed by atoms with van der Waals surface area (Å²) < 4.78 is 29.7. The Kier molecular flexibility index (Phi) is 5.72. The number of benzene rings is 2. The van der Waals surface area contributed by atoms with Crippen molar-refractivity contribution in [1.29, 1.82) is 0 Å². The molecular formula is C21H20N6O3S. The molecule has 0 radical (unpaired) electrons. The van der Waals surface area contributed by atoms with E-state index in [0.717, 1.165) is 22.6 Å². The van der Waals surface area contributed by atoms with E-state index in [1.165, 1.54) is 12.6 Å². The van der Waals surface area contributed by atoms with Crippen molar-refractivity contribution in [2.75, 3.05) is 13.4 Å². The Balaban J connectivity index is 1.54. The van der Waals surface area contributed by atoms with Gasteiger partial charge in [-0.05, 0) is 23.3 Å². The van der Waals surface area contributed by atoms with Gasteiger partial charge in [-0.25, -0.2) is 23.1 Å². The van der Waals surface area contributed by atoms with Crippen molar-refractivity contribution in [3.8, 4) is 11.4 Å². The van der Waals surface area contributed by atoms with Crippen LogP contribution in [0.25, 0.3) is 16.7 Å².